The first-order valence-electron chi connectivity index (χ1n) is 8.47. The van der Waals surface area contributed by atoms with Crippen molar-refractivity contribution in [2.24, 2.45) is 0 Å². The molecule has 0 heterocycles. The molecule has 0 spiro atoms. The van der Waals surface area contributed by atoms with E-state index in [1.165, 1.54) is 11.1 Å². The van der Waals surface area contributed by atoms with Gasteiger partial charge in [-0.15, -0.1) is 0 Å². The second-order valence-corrected chi connectivity index (χ2v) is 6.53. The highest BCUT2D eigenvalue weighted by molar-refractivity contribution is 9.10. The Morgan fingerprint density at radius 1 is 1.12 bits per heavy atom. The van der Waals surface area contributed by atoms with Crippen LogP contribution >= 0.6 is 15.9 Å². The number of halogens is 1. The van der Waals surface area contributed by atoms with Crippen LogP contribution in [-0.2, 0) is 6.54 Å². The lowest BCUT2D eigenvalue weighted by atomic mass is 10.0. The van der Waals surface area contributed by atoms with Crippen LogP contribution in [-0.4, -0.2) is 13.7 Å². The van der Waals surface area contributed by atoms with Crippen LogP contribution in [0.3, 0.4) is 0 Å². The van der Waals surface area contributed by atoms with E-state index in [0.29, 0.717) is 12.6 Å². The van der Waals surface area contributed by atoms with Crippen LogP contribution in [0.25, 0.3) is 0 Å². The highest BCUT2D eigenvalue weighted by Gasteiger charge is 2.13. The molecule has 0 radical (unpaired) electrons. The van der Waals surface area contributed by atoms with E-state index in [0.717, 1.165) is 35.4 Å². The Hall–Kier alpha value is -1.52. The lowest BCUT2D eigenvalue weighted by molar-refractivity contribution is 0.308. The summed E-state index contributed by atoms with van der Waals surface area (Å²) in [7, 11) is 1.67. The fourth-order valence-corrected chi connectivity index (χ4v) is 3.37. The van der Waals surface area contributed by atoms with E-state index in [4.69, 9.17) is 9.47 Å². The molecule has 0 bridgehead atoms. The quantitative estimate of drug-likeness (QED) is 0.612. The molecule has 2 rings (SSSR count). The van der Waals surface area contributed by atoms with Gasteiger partial charge in [-0.1, -0.05) is 43.7 Å². The number of hydrogen-bond donors (Lipinski definition) is 1. The van der Waals surface area contributed by atoms with Crippen molar-refractivity contribution in [1.82, 2.24) is 5.32 Å². The molecule has 0 aromatic heterocycles. The monoisotopic (exact) mass is 391 g/mol. The van der Waals surface area contributed by atoms with Crippen molar-refractivity contribution in [3.05, 3.63) is 58.1 Å². The molecule has 0 amide bonds. The van der Waals surface area contributed by atoms with Gasteiger partial charge >= 0.3 is 0 Å². The molecular formula is C20H26BrNO2. The van der Waals surface area contributed by atoms with Gasteiger partial charge in [0.15, 0.2) is 11.5 Å². The fourth-order valence-electron chi connectivity index (χ4n) is 2.76. The molecule has 4 heteroatoms. The Labute approximate surface area is 153 Å². The van der Waals surface area contributed by atoms with Gasteiger partial charge in [-0.25, -0.2) is 0 Å². The Morgan fingerprint density at radius 2 is 1.88 bits per heavy atom. The lowest BCUT2D eigenvalue weighted by Crippen LogP contribution is -2.20. The summed E-state index contributed by atoms with van der Waals surface area (Å²) in [5.74, 6) is 1.52. The van der Waals surface area contributed by atoms with Gasteiger partial charge in [0.05, 0.1) is 18.2 Å². The molecule has 2 aromatic rings. The average Bonchev–Trinajstić information content (AvgIpc) is 2.61. The Balaban J connectivity index is 2.13. The minimum Gasteiger partial charge on any atom is -0.493 e. The second-order valence-electron chi connectivity index (χ2n) is 5.67. The fraction of sp³-hybridized carbons (Fsp3) is 0.400. The Morgan fingerprint density at radius 3 is 2.50 bits per heavy atom. The number of methoxy groups -OCH3 is 1. The Bertz CT molecular complexity index is 631. The highest BCUT2D eigenvalue weighted by Crippen LogP contribution is 2.36. The van der Waals surface area contributed by atoms with Crippen LogP contribution in [0.1, 0.15) is 43.9 Å². The number of ether oxygens (including phenoxy) is 2. The SMILES string of the molecule is CCCC(NCc1cc(Br)c(OCC)c(OC)c1)c1ccccc1. The zero-order chi connectivity index (χ0) is 17.4. The third-order valence-corrected chi connectivity index (χ3v) is 4.50. The third-order valence-electron chi connectivity index (χ3n) is 3.91. The summed E-state index contributed by atoms with van der Waals surface area (Å²) >= 11 is 3.59. The van der Waals surface area contributed by atoms with Crippen LogP contribution in [0, 0.1) is 0 Å². The molecule has 24 heavy (non-hydrogen) atoms. The van der Waals surface area contributed by atoms with E-state index in [-0.39, 0.29) is 0 Å². The predicted molar refractivity (Wildman–Crippen MR) is 103 cm³/mol. The third kappa shape index (κ3) is 4.99. The lowest BCUT2D eigenvalue weighted by Gasteiger charge is -2.20. The first-order chi connectivity index (χ1) is 11.7. The maximum absolute atomic E-state index is 5.65. The molecule has 0 saturated heterocycles. The predicted octanol–water partition coefficient (Wildman–Crippen LogP) is 5.49. The topological polar surface area (TPSA) is 30.5 Å². The van der Waals surface area contributed by atoms with E-state index in [9.17, 15) is 0 Å². The maximum atomic E-state index is 5.65. The van der Waals surface area contributed by atoms with E-state index < -0.39 is 0 Å². The summed E-state index contributed by atoms with van der Waals surface area (Å²) in [4.78, 5) is 0. The normalized spacial score (nSPS) is 12.0. The summed E-state index contributed by atoms with van der Waals surface area (Å²) in [5.41, 5.74) is 2.50. The van der Waals surface area contributed by atoms with E-state index in [1.54, 1.807) is 7.11 Å². The Kier molecular flexibility index (Phi) is 7.60. The summed E-state index contributed by atoms with van der Waals surface area (Å²) in [6.45, 7) is 5.57. The molecule has 0 aliphatic carbocycles. The smallest absolute Gasteiger partial charge is 0.175 e. The number of benzene rings is 2. The van der Waals surface area contributed by atoms with Crippen molar-refractivity contribution in [2.75, 3.05) is 13.7 Å². The average molecular weight is 392 g/mol. The number of nitrogens with one attached hydrogen (secondary N) is 1. The van der Waals surface area contributed by atoms with Crippen molar-refractivity contribution >= 4 is 15.9 Å². The van der Waals surface area contributed by atoms with Crippen LogP contribution < -0.4 is 14.8 Å². The van der Waals surface area contributed by atoms with Crippen LogP contribution in [0.5, 0.6) is 11.5 Å². The van der Waals surface area contributed by atoms with Crippen molar-refractivity contribution in [1.29, 1.82) is 0 Å². The van der Waals surface area contributed by atoms with Gasteiger partial charge in [-0.2, -0.15) is 0 Å². The molecule has 0 aliphatic rings. The molecule has 0 saturated carbocycles. The van der Waals surface area contributed by atoms with E-state index in [1.807, 2.05) is 13.0 Å². The largest absolute Gasteiger partial charge is 0.493 e. The van der Waals surface area contributed by atoms with Gasteiger partial charge in [-0.3, -0.25) is 0 Å². The van der Waals surface area contributed by atoms with Crippen LogP contribution in [0.4, 0.5) is 0 Å². The number of rotatable bonds is 9. The van der Waals surface area contributed by atoms with E-state index in [2.05, 4.69) is 64.6 Å². The molecule has 1 N–H and O–H groups in total. The van der Waals surface area contributed by atoms with Gasteiger partial charge in [-0.05, 0) is 52.5 Å². The van der Waals surface area contributed by atoms with Gasteiger partial charge in [0.25, 0.3) is 0 Å². The molecular weight excluding hydrogens is 366 g/mol. The summed E-state index contributed by atoms with van der Waals surface area (Å²) in [6, 6.07) is 15.1. The van der Waals surface area contributed by atoms with Crippen molar-refractivity contribution in [2.45, 2.75) is 39.3 Å². The summed E-state index contributed by atoms with van der Waals surface area (Å²) < 4.78 is 12.1. The first-order valence-corrected chi connectivity index (χ1v) is 9.26. The first kappa shape index (κ1) is 18.8. The van der Waals surface area contributed by atoms with Gasteiger partial charge in [0, 0.05) is 12.6 Å². The van der Waals surface area contributed by atoms with Gasteiger partial charge in [0.1, 0.15) is 0 Å². The molecule has 130 valence electrons. The molecule has 0 fully saturated rings. The van der Waals surface area contributed by atoms with Crippen molar-refractivity contribution in [3.8, 4) is 11.5 Å². The highest BCUT2D eigenvalue weighted by atomic mass is 79.9. The van der Waals surface area contributed by atoms with E-state index >= 15 is 0 Å². The van der Waals surface area contributed by atoms with Crippen LogP contribution in [0.15, 0.2) is 46.9 Å². The summed E-state index contributed by atoms with van der Waals surface area (Å²) in [6.07, 6.45) is 2.25. The summed E-state index contributed by atoms with van der Waals surface area (Å²) in [5, 5.41) is 3.67. The number of hydrogen-bond acceptors (Lipinski definition) is 3. The minimum atomic E-state index is 0.354. The van der Waals surface area contributed by atoms with Crippen molar-refractivity contribution in [3.63, 3.8) is 0 Å². The molecule has 2 aromatic carbocycles. The van der Waals surface area contributed by atoms with Gasteiger partial charge in [0.2, 0.25) is 0 Å². The zero-order valence-electron chi connectivity index (χ0n) is 14.6. The van der Waals surface area contributed by atoms with Crippen molar-refractivity contribution < 1.29 is 9.47 Å². The van der Waals surface area contributed by atoms with Crippen LogP contribution in [0.2, 0.25) is 0 Å². The second kappa shape index (κ2) is 9.70. The molecule has 0 aliphatic heterocycles. The van der Waals surface area contributed by atoms with Gasteiger partial charge < -0.3 is 14.8 Å². The molecule has 1 unspecified atom stereocenters. The zero-order valence-corrected chi connectivity index (χ0v) is 16.2. The maximum Gasteiger partial charge on any atom is 0.175 e. The minimum absolute atomic E-state index is 0.354. The molecule has 1 atom stereocenters. The standard InChI is InChI=1S/C20H26BrNO2/c1-4-9-18(16-10-7-6-8-11-16)22-14-15-12-17(21)20(24-5-2)19(13-15)23-3/h6-8,10-13,18,22H,4-5,9,14H2,1-3H3. The molecule has 3 nitrogen and oxygen atoms in total.